The largest absolute Gasteiger partial charge is 0.480 e. The van der Waals surface area contributed by atoms with Gasteiger partial charge in [0, 0.05) is 31.4 Å². The van der Waals surface area contributed by atoms with Gasteiger partial charge in [0.05, 0.1) is 32.0 Å². The van der Waals surface area contributed by atoms with E-state index in [9.17, 15) is 32.7 Å². The highest BCUT2D eigenvalue weighted by atomic mass is 19.4. The summed E-state index contributed by atoms with van der Waals surface area (Å²) in [6, 6.07) is 2.63. The Morgan fingerprint density at radius 1 is 1.07 bits per heavy atom. The Balaban J connectivity index is 1.41. The zero-order valence-corrected chi connectivity index (χ0v) is 24.6. The zero-order valence-electron chi connectivity index (χ0n) is 24.6. The number of hydrogen-bond acceptors (Lipinski definition) is 6. The number of anilines is 1. The van der Waals surface area contributed by atoms with Crippen LogP contribution in [0.4, 0.5) is 27.6 Å². The number of halogens is 5. The van der Waals surface area contributed by atoms with Crippen LogP contribution in [0.15, 0.2) is 35.1 Å². The Morgan fingerprint density at radius 3 is 2.38 bits per heavy atom. The molecule has 2 aliphatic heterocycles. The minimum absolute atomic E-state index is 0.102. The van der Waals surface area contributed by atoms with E-state index in [2.05, 4.69) is 5.32 Å². The van der Waals surface area contributed by atoms with Crippen molar-refractivity contribution in [2.75, 3.05) is 24.7 Å². The van der Waals surface area contributed by atoms with Crippen molar-refractivity contribution in [2.45, 2.75) is 51.7 Å². The number of carboxylic acids is 1. The minimum Gasteiger partial charge on any atom is -0.480 e. The molecule has 1 aromatic heterocycles. The van der Waals surface area contributed by atoms with Crippen molar-refractivity contribution in [3.8, 4) is 11.1 Å². The molecule has 0 spiro atoms. The monoisotopic (exact) mass is 635 g/mol. The van der Waals surface area contributed by atoms with Crippen LogP contribution in [-0.2, 0) is 41.0 Å². The number of carbonyl (C=O) groups is 2. The molecular weight excluding hydrogens is 605 g/mol. The third kappa shape index (κ3) is 6.16. The number of pyridine rings is 1. The Hall–Kier alpha value is -4.30. The molecule has 240 valence electrons. The summed E-state index contributed by atoms with van der Waals surface area (Å²) in [4.78, 5) is 39.0. The van der Waals surface area contributed by atoms with E-state index in [0.717, 1.165) is 16.2 Å². The molecule has 5 rings (SSSR count). The molecule has 0 saturated carbocycles. The molecule has 2 N–H and O–H groups in total. The SMILES string of the molecule is Cc1cc(C)n(C)c(=O)c1-c1ccc(CC(NC(=O)c2c(F)cc(N3CCOC[C@@H]3C(F)(F)F)cc2F)C(=O)O)c2c1COC2. The van der Waals surface area contributed by atoms with Crippen molar-refractivity contribution < 1.29 is 46.1 Å². The molecule has 2 aliphatic rings. The van der Waals surface area contributed by atoms with E-state index in [1.807, 2.05) is 19.9 Å². The summed E-state index contributed by atoms with van der Waals surface area (Å²) in [6.45, 7) is 2.79. The minimum atomic E-state index is -4.74. The predicted molar refractivity (Wildman–Crippen MR) is 152 cm³/mol. The summed E-state index contributed by atoms with van der Waals surface area (Å²) in [7, 11) is 1.66. The fraction of sp³-hybridized carbons (Fsp3) is 0.387. The number of nitrogens with one attached hydrogen (secondary N) is 1. The summed E-state index contributed by atoms with van der Waals surface area (Å²) in [5.74, 6) is -5.77. The number of aliphatic carboxylic acids is 1. The molecule has 1 fully saturated rings. The Morgan fingerprint density at radius 2 is 1.73 bits per heavy atom. The molecule has 0 radical (unpaired) electrons. The fourth-order valence-electron chi connectivity index (χ4n) is 5.85. The number of fused-ring (bicyclic) bond motifs is 1. The van der Waals surface area contributed by atoms with Crippen LogP contribution in [0.1, 0.15) is 38.3 Å². The van der Waals surface area contributed by atoms with Gasteiger partial charge in [-0.1, -0.05) is 12.1 Å². The van der Waals surface area contributed by atoms with Crippen LogP contribution in [0.5, 0.6) is 0 Å². The maximum Gasteiger partial charge on any atom is 0.411 e. The number of alkyl halides is 3. The van der Waals surface area contributed by atoms with E-state index < -0.39 is 59.6 Å². The van der Waals surface area contributed by atoms with Crippen LogP contribution in [0, 0.1) is 25.5 Å². The first kappa shape index (κ1) is 32.1. The average Bonchev–Trinajstić information content (AvgIpc) is 3.46. The van der Waals surface area contributed by atoms with E-state index in [0.29, 0.717) is 39.9 Å². The van der Waals surface area contributed by atoms with E-state index in [1.165, 1.54) is 4.57 Å². The number of morpholine rings is 1. The van der Waals surface area contributed by atoms with Gasteiger partial charge in [-0.2, -0.15) is 13.2 Å². The lowest BCUT2D eigenvalue weighted by atomic mass is 9.90. The second kappa shape index (κ2) is 12.2. The predicted octanol–water partition coefficient (Wildman–Crippen LogP) is 4.17. The first-order valence-corrected chi connectivity index (χ1v) is 14.0. The smallest absolute Gasteiger partial charge is 0.411 e. The lowest BCUT2D eigenvalue weighted by Crippen LogP contribution is -2.53. The van der Waals surface area contributed by atoms with E-state index in [-0.39, 0.29) is 38.3 Å². The Kier molecular flexibility index (Phi) is 8.73. The molecule has 45 heavy (non-hydrogen) atoms. The summed E-state index contributed by atoms with van der Waals surface area (Å²) in [5.41, 5.74) is 2.70. The number of amides is 1. The normalized spacial score (nSPS) is 17.2. The van der Waals surface area contributed by atoms with Gasteiger partial charge >= 0.3 is 12.1 Å². The molecule has 0 aliphatic carbocycles. The fourth-order valence-corrected chi connectivity index (χ4v) is 5.85. The number of rotatable bonds is 7. The van der Waals surface area contributed by atoms with Gasteiger partial charge in [0.1, 0.15) is 29.3 Å². The van der Waals surface area contributed by atoms with Gasteiger partial charge in [-0.05, 0) is 59.9 Å². The van der Waals surface area contributed by atoms with Crippen LogP contribution in [0.2, 0.25) is 0 Å². The van der Waals surface area contributed by atoms with Crippen molar-refractivity contribution in [3.63, 3.8) is 0 Å². The van der Waals surface area contributed by atoms with E-state index in [4.69, 9.17) is 9.47 Å². The van der Waals surface area contributed by atoms with Gasteiger partial charge in [0.15, 0.2) is 0 Å². The second-order valence-electron chi connectivity index (χ2n) is 11.1. The number of aryl methyl sites for hydroxylation is 2. The van der Waals surface area contributed by atoms with Gasteiger partial charge in [-0.15, -0.1) is 0 Å². The van der Waals surface area contributed by atoms with Crippen molar-refractivity contribution in [1.29, 1.82) is 0 Å². The van der Waals surface area contributed by atoms with Crippen molar-refractivity contribution in [1.82, 2.24) is 9.88 Å². The topological polar surface area (TPSA) is 110 Å². The summed E-state index contributed by atoms with van der Waals surface area (Å²) in [5, 5.41) is 12.0. The third-order valence-corrected chi connectivity index (χ3v) is 8.28. The summed E-state index contributed by atoms with van der Waals surface area (Å²) < 4.78 is 82.7. The maximum absolute atomic E-state index is 15.1. The zero-order chi connectivity index (χ0) is 32.8. The summed E-state index contributed by atoms with van der Waals surface area (Å²) in [6.07, 6.45) is -5.02. The van der Waals surface area contributed by atoms with Crippen LogP contribution in [0.3, 0.4) is 0 Å². The van der Waals surface area contributed by atoms with Gasteiger partial charge < -0.3 is 29.4 Å². The molecule has 0 bridgehead atoms. The number of carbonyl (C=O) groups excluding carboxylic acids is 1. The highest BCUT2D eigenvalue weighted by Gasteiger charge is 2.46. The second-order valence-corrected chi connectivity index (χ2v) is 11.1. The molecular formula is C31H30F5N3O6. The number of nitrogens with zero attached hydrogens (tertiary/aromatic N) is 2. The van der Waals surface area contributed by atoms with E-state index >= 15 is 8.78 Å². The molecule has 3 aromatic rings. The highest BCUT2D eigenvalue weighted by molar-refractivity contribution is 5.97. The number of benzene rings is 2. The molecule has 1 unspecified atom stereocenters. The maximum atomic E-state index is 15.1. The molecule has 14 heteroatoms. The van der Waals surface area contributed by atoms with Crippen molar-refractivity contribution in [2.24, 2.45) is 7.05 Å². The van der Waals surface area contributed by atoms with Gasteiger partial charge in [0.25, 0.3) is 11.5 Å². The van der Waals surface area contributed by atoms with E-state index in [1.54, 1.807) is 19.2 Å². The van der Waals surface area contributed by atoms with Crippen LogP contribution < -0.4 is 15.8 Å². The highest BCUT2D eigenvalue weighted by Crippen LogP contribution is 2.35. The summed E-state index contributed by atoms with van der Waals surface area (Å²) >= 11 is 0. The number of ether oxygens (including phenoxy) is 2. The molecule has 2 aromatic carbocycles. The van der Waals surface area contributed by atoms with Crippen molar-refractivity contribution in [3.05, 3.63) is 85.8 Å². The van der Waals surface area contributed by atoms with Gasteiger partial charge in [0.2, 0.25) is 0 Å². The molecule has 1 amide bonds. The standard InChI is InChI=1S/C31H30F5N3O6/c1-15-8-16(2)38(3)29(41)26(15)19-5-4-17(20-12-45-13-21(19)20)9-24(30(42)43)37-28(40)27-22(32)10-18(11-23(27)33)39-6-7-44-14-25(39)31(34,35)36/h4-5,8,10-11,24-25H,6-7,9,12-14H2,1-3H3,(H,37,40)(H,42,43)/t24?,25-/m1/s1. The van der Waals surface area contributed by atoms with Crippen molar-refractivity contribution >= 4 is 17.6 Å². The number of aromatic nitrogens is 1. The molecule has 1 saturated heterocycles. The first-order valence-electron chi connectivity index (χ1n) is 14.0. The molecule has 2 atom stereocenters. The molecule has 3 heterocycles. The van der Waals surface area contributed by atoms with Crippen LogP contribution >= 0.6 is 0 Å². The van der Waals surface area contributed by atoms with Crippen LogP contribution in [0.25, 0.3) is 11.1 Å². The Labute approximate surface area is 254 Å². The third-order valence-electron chi connectivity index (χ3n) is 8.28. The quantitative estimate of drug-likeness (QED) is 0.375. The van der Waals surface area contributed by atoms with Crippen LogP contribution in [-0.4, -0.2) is 59.6 Å². The average molecular weight is 636 g/mol. The lowest BCUT2D eigenvalue weighted by Gasteiger charge is -2.38. The number of hydrogen-bond donors (Lipinski definition) is 2. The van der Waals surface area contributed by atoms with Gasteiger partial charge in [-0.25, -0.2) is 13.6 Å². The first-order chi connectivity index (χ1) is 21.2. The lowest BCUT2D eigenvalue weighted by molar-refractivity contribution is -0.167. The molecule has 9 nitrogen and oxygen atoms in total. The number of carboxylic acid groups (broad SMARTS) is 1. The Bertz CT molecular complexity index is 1720. The van der Waals surface area contributed by atoms with Gasteiger partial charge in [-0.3, -0.25) is 9.59 Å².